The molecular formula is C11H12N4. The number of aliphatic imine (C=N–C) groups is 1. The molecule has 0 spiro atoms. The number of pyridine rings is 1. The van der Waals surface area contributed by atoms with Gasteiger partial charge >= 0.3 is 0 Å². The van der Waals surface area contributed by atoms with Gasteiger partial charge in [0.15, 0.2) is 0 Å². The van der Waals surface area contributed by atoms with E-state index in [1.54, 1.807) is 18.7 Å². The maximum absolute atomic E-state index is 8.32. The summed E-state index contributed by atoms with van der Waals surface area (Å²) in [6, 6.07) is 4.06. The predicted octanol–water partition coefficient (Wildman–Crippen LogP) is 1.38. The van der Waals surface area contributed by atoms with Gasteiger partial charge < -0.3 is 4.90 Å². The van der Waals surface area contributed by atoms with E-state index in [-0.39, 0.29) is 0 Å². The van der Waals surface area contributed by atoms with Crippen LogP contribution in [0.3, 0.4) is 0 Å². The Labute approximate surface area is 88.9 Å². The molecule has 76 valence electrons. The van der Waals surface area contributed by atoms with E-state index in [0.717, 1.165) is 19.5 Å². The molecule has 1 aliphatic heterocycles. The van der Waals surface area contributed by atoms with Gasteiger partial charge in [0, 0.05) is 31.4 Å². The van der Waals surface area contributed by atoms with Crippen molar-refractivity contribution < 1.29 is 0 Å². The first-order valence-corrected chi connectivity index (χ1v) is 4.96. The number of hydrogen-bond acceptors (Lipinski definition) is 3. The average Bonchev–Trinajstić information content (AvgIpc) is 2.76. The van der Waals surface area contributed by atoms with Gasteiger partial charge in [0.1, 0.15) is 6.34 Å². The molecule has 4 nitrogen and oxygen atoms in total. The van der Waals surface area contributed by atoms with Crippen molar-refractivity contribution in [1.29, 1.82) is 5.26 Å². The highest BCUT2D eigenvalue weighted by atomic mass is 15.2. The summed E-state index contributed by atoms with van der Waals surface area (Å²) in [5, 5.41) is 8.32. The average molecular weight is 200 g/mol. The highest BCUT2D eigenvalue weighted by molar-refractivity contribution is 5.57. The van der Waals surface area contributed by atoms with Crippen molar-refractivity contribution in [2.75, 3.05) is 13.1 Å². The largest absolute Gasteiger partial charge is 0.361 e. The fourth-order valence-corrected chi connectivity index (χ4v) is 1.89. The monoisotopic (exact) mass is 200 g/mol. The Hall–Kier alpha value is -1.89. The topological polar surface area (TPSA) is 52.3 Å². The second-order valence-corrected chi connectivity index (χ2v) is 3.61. The molecule has 1 fully saturated rings. The van der Waals surface area contributed by atoms with E-state index in [1.165, 1.54) is 5.56 Å². The van der Waals surface area contributed by atoms with Crippen LogP contribution in [0, 0.1) is 11.5 Å². The van der Waals surface area contributed by atoms with Crippen LogP contribution >= 0.6 is 0 Å². The Morgan fingerprint density at radius 3 is 3.33 bits per heavy atom. The number of likely N-dealkylation sites (tertiary alicyclic amines) is 1. The highest BCUT2D eigenvalue weighted by Gasteiger charge is 2.21. The van der Waals surface area contributed by atoms with E-state index in [1.807, 2.05) is 12.3 Å². The first-order valence-electron chi connectivity index (χ1n) is 4.96. The molecule has 0 aliphatic carbocycles. The number of hydrogen-bond donors (Lipinski definition) is 0. The Kier molecular flexibility index (Phi) is 2.93. The molecule has 0 saturated carbocycles. The Morgan fingerprint density at radius 1 is 1.67 bits per heavy atom. The van der Waals surface area contributed by atoms with Gasteiger partial charge in [-0.05, 0) is 18.1 Å². The fraction of sp³-hybridized carbons (Fsp3) is 0.364. The number of nitriles is 1. The zero-order valence-corrected chi connectivity index (χ0v) is 8.37. The van der Waals surface area contributed by atoms with Gasteiger partial charge in [0.05, 0.1) is 0 Å². The van der Waals surface area contributed by atoms with Crippen molar-refractivity contribution in [3.05, 3.63) is 30.1 Å². The standard InChI is InChI=1S/C11H12N4/c12-8-14-9-15-5-3-11(7-15)10-2-1-4-13-6-10/h1-2,4,6,9,11H,3,5,7H2. The molecule has 4 heteroatoms. The summed E-state index contributed by atoms with van der Waals surface area (Å²) in [7, 11) is 0. The normalized spacial score (nSPS) is 20.7. The summed E-state index contributed by atoms with van der Waals surface area (Å²) in [6.45, 7) is 1.89. The molecule has 2 heterocycles. The third kappa shape index (κ3) is 2.32. The van der Waals surface area contributed by atoms with Gasteiger partial charge in [-0.15, -0.1) is 0 Å². The van der Waals surface area contributed by atoms with Crippen LogP contribution in [0.25, 0.3) is 0 Å². The molecule has 2 rings (SSSR count). The van der Waals surface area contributed by atoms with E-state index < -0.39 is 0 Å². The summed E-state index contributed by atoms with van der Waals surface area (Å²) < 4.78 is 0. The molecule has 1 saturated heterocycles. The van der Waals surface area contributed by atoms with Gasteiger partial charge in [0.25, 0.3) is 0 Å². The second kappa shape index (κ2) is 4.56. The van der Waals surface area contributed by atoms with E-state index in [0.29, 0.717) is 5.92 Å². The Balaban J connectivity index is 1.99. The molecule has 0 bridgehead atoms. The first-order chi connectivity index (χ1) is 7.40. The van der Waals surface area contributed by atoms with Crippen LogP contribution in [-0.2, 0) is 0 Å². The molecular weight excluding hydrogens is 188 g/mol. The smallest absolute Gasteiger partial charge is 0.207 e. The van der Waals surface area contributed by atoms with E-state index >= 15 is 0 Å². The van der Waals surface area contributed by atoms with E-state index in [2.05, 4.69) is 20.9 Å². The summed E-state index contributed by atoms with van der Waals surface area (Å²) >= 11 is 0. The third-order valence-electron chi connectivity index (χ3n) is 2.65. The lowest BCUT2D eigenvalue weighted by molar-refractivity contribution is 0.526. The number of aromatic nitrogens is 1. The Bertz CT molecular complexity index is 379. The van der Waals surface area contributed by atoms with Crippen LogP contribution < -0.4 is 0 Å². The molecule has 0 N–H and O–H groups in total. The fourth-order valence-electron chi connectivity index (χ4n) is 1.89. The lowest BCUT2D eigenvalue weighted by Gasteiger charge is -2.11. The Morgan fingerprint density at radius 2 is 2.60 bits per heavy atom. The van der Waals surface area contributed by atoms with Gasteiger partial charge in [-0.2, -0.15) is 10.3 Å². The van der Waals surface area contributed by atoms with E-state index in [4.69, 9.17) is 5.26 Å². The van der Waals surface area contributed by atoms with Crippen LogP contribution in [0.4, 0.5) is 0 Å². The summed E-state index contributed by atoms with van der Waals surface area (Å²) in [6.07, 6.45) is 8.18. The molecule has 15 heavy (non-hydrogen) atoms. The van der Waals surface area contributed by atoms with Crippen LogP contribution in [0.1, 0.15) is 17.9 Å². The van der Waals surface area contributed by atoms with Crippen molar-refractivity contribution in [3.8, 4) is 6.19 Å². The second-order valence-electron chi connectivity index (χ2n) is 3.61. The van der Waals surface area contributed by atoms with Crippen molar-refractivity contribution in [3.63, 3.8) is 0 Å². The van der Waals surface area contributed by atoms with E-state index in [9.17, 15) is 0 Å². The zero-order valence-electron chi connectivity index (χ0n) is 8.37. The predicted molar refractivity (Wildman–Crippen MR) is 57.3 cm³/mol. The summed E-state index contributed by atoms with van der Waals surface area (Å²) in [5.41, 5.74) is 1.27. The zero-order chi connectivity index (χ0) is 10.5. The van der Waals surface area contributed by atoms with Gasteiger partial charge in [-0.25, -0.2) is 0 Å². The van der Waals surface area contributed by atoms with Gasteiger partial charge in [-0.3, -0.25) is 4.98 Å². The number of nitrogens with zero attached hydrogens (tertiary/aromatic N) is 4. The molecule has 1 aromatic heterocycles. The minimum atomic E-state index is 0.517. The van der Waals surface area contributed by atoms with Crippen LogP contribution in [0.15, 0.2) is 29.5 Å². The summed E-state index contributed by atoms with van der Waals surface area (Å²) in [5.74, 6) is 0.517. The minimum Gasteiger partial charge on any atom is -0.361 e. The molecule has 0 aromatic carbocycles. The van der Waals surface area contributed by atoms with Crippen molar-refractivity contribution in [2.45, 2.75) is 12.3 Å². The lowest BCUT2D eigenvalue weighted by Crippen LogP contribution is -2.17. The van der Waals surface area contributed by atoms with Gasteiger partial charge in [0.2, 0.25) is 6.19 Å². The number of rotatable bonds is 2. The van der Waals surface area contributed by atoms with Crippen LogP contribution in [0.5, 0.6) is 0 Å². The maximum atomic E-state index is 8.32. The molecule has 1 aromatic rings. The quantitative estimate of drug-likeness (QED) is 0.411. The summed E-state index contributed by atoms with van der Waals surface area (Å²) in [4.78, 5) is 9.76. The molecule has 1 atom stereocenters. The van der Waals surface area contributed by atoms with Gasteiger partial charge in [-0.1, -0.05) is 6.07 Å². The van der Waals surface area contributed by atoms with Crippen molar-refractivity contribution in [1.82, 2.24) is 9.88 Å². The molecule has 0 radical (unpaired) electrons. The lowest BCUT2D eigenvalue weighted by atomic mass is 10.0. The minimum absolute atomic E-state index is 0.517. The molecule has 0 amide bonds. The van der Waals surface area contributed by atoms with Crippen LogP contribution in [-0.4, -0.2) is 29.3 Å². The third-order valence-corrected chi connectivity index (χ3v) is 2.65. The van der Waals surface area contributed by atoms with Crippen molar-refractivity contribution in [2.24, 2.45) is 4.99 Å². The highest BCUT2D eigenvalue weighted by Crippen LogP contribution is 2.25. The molecule has 1 aliphatic rings. The maximum Gasteiger partial charge on any atom is 0.207 e. The van der Waals surface area contributed by atoms with Crippen molar-refractivity contribution >= 4 is 6.34 Å². The first kappa shape index (κ1) is 9.66. The SMILES string of the molecule is N#CN=CN1CCC(c2cccnc2)C1. The molecule has 1 unspecified atom stereocenters. The van der Waals surface area contributed by atoms with Crippen LogP contribution in [0.2, 0.25) is 0 Å².